The van der Waals surface area contributed by atoms with Crippen LogP contribution in [0.5, 0.6) is 0 Å². The van der Waals surface area contributed by atoms with E-state index in [9.17, 15) is 4.79 Å². The number of pyridine rings is 1. The van der Waals surface area contributed by atoms with Crippen LogP contribution < -0.4 is 11.1 Å². The Bertz CT molecular complexity index is 692. The third-order valence-electron chi connectivity index (χ3n) is 2.65. The van der Waals surface area contributed by atoms with E-state index < -0.39 is 5.97 Å². The first-order chi connectivity index (χ1) is 9.38. The molecule has 0 aliphatic heterocycles. The summed E-state index contributed by atoms with van der Waals surface area (Å²) >= 11 is 9.47. The molecule has 0 radical (unpaired) electrons. The van der Waals surface area contributed by atoms with Crippen LogP contribution in [0, 0.1) is 6.92 Å². The Hall–Kier alpha value is -1.79. The van der Waals surface area contributed by atoms with Crippen LogP contribution in [0.1, 0.15) is 16.1 Å². The number of nitrogens with two attached hydrogens (primary N) is 1. The SMILES string of the molecule is Cc1cc(Br)c(Nc2nc(C(=O)O)ccc2N)cc1Cl. The van der Waals surface area contributed by atoms with Crippen molar-refractivity contribution in [3.8, 4) is 0 Å². The zero-order chi connectivity index (χ0) is 14.9. The van der Waals surface area contributed by atoms with Gasteiger partial charge in [0, 0.05) is 9.50 Å². The van der Waals surface area contributed by atoms with Gasteiger partial charge in [-0.05, 0) is 52.7 Å². The lowest BCUT2D eigenvalue weighted by Gasteiger charge is -2.12. The van der Waals surface area contributed by atoms with E-state index in [2.05, 4.69) is 26.2 Å². The smallest absolute Gasteiger partial charge is 0.354 e. The molecule has 0 aliphatic rings. The number of aromatic nitrogens is 1. The lowest BCUT2D eigenvalue weighted by Crippen LogP contribution is -2.06. The van der Waals surface area contributed by atoms with Crippen molar-refractivity contribution in [1.29, 1.82) is 0 Å². The summed E-state index contributed by atoms with van der Waals surface area (Å²) in [7, 11) is 0. The summed E-state index contributed by atoms with van der Waals surface area (Å²) in [5.41, 5.74) is 7.62. The van der Waals surface area contributed by atoms with Gasteiger partial charge in [-0.15, -0.1) is 0 Å². The molecule has 0 atom stereocenters. The number of nitrogens with zero attached hydrogens (tertiary/aromatic N) is 1. The lowest BCUT2D eigenvalue weighted by atomic mass is 10.2. The van der Waals surface area contributed by atoms with E-state index in [1.165, 1.54) is 12.1 Å². The normalized spacial score (nSPS) is 10.3. The third kappa shape index (κ3) is 3.02. The molecular formula is C13H11BrClN3O2. The van der Waals surface area contributed by atoms with Gasteiger partial charge in [-0.3, -0.25) is 0 Å². The molecule has 7 heteroatoms. The minimum Gasteiger partial charge on any atom is -0.477 e. The van der Waals surface area contributed by atoms with Gasteiger partial charge in [-0.2, -0.15) is 0 Å². The maximum atomic E-state index is 10.9. The van der Waals surface area contributed by atoms with Crippen LogP contribution in [0.25, 0.3) is 0 Å². The number of carboxylic acids is 1. The Morgan fingerprint density at radius 2 is 2.15 bits per heavy atom. The topological polar surface area (TPSA) is 88.2 Å². The summed E-state index contributed by atoms with van der Waals surface area (Å²) in [5, 5.41) is 12.5. The predicted molar refractivity (Wildman–Crippen MR) is 82.8 cm³/mol. The molecule has 0 unspecified atom stereocenters. The van der Waals surface area contributed by atoms with E-state index in [1.807, 2.05) is 13.0 Å². The fourth-order valence-electron chi connectivity index (χ4n) is 1.56. The van der Waals surface area contributed by atoms with E-state index >= 15 is 0 Å². The van der Waals surface area contributed by atoms with Crippen LogP contribution >= 0.6 is 27.5 Å². The standard InChI is InChI=1S/C13H11BrClN3O2/c1-6-4-7(14)11(5-8(6)15)18-12-9(16)2-3-10(17-12)13(19)20/h2-5H,16H2,1H3,(H,17,18)(H,19,20). The largest absolute Gasteiger partial charge is 0.477 e. The van der Waals surface area contributed by atoms with Crippen molar-refractivity contribution < 1.29 is 9.90 Å². The fourth-order valence-corrected chi connectivity index (χ4v) is 2.28. The number of aromatic carboxylic acids is 1. The van der Waals surface area contributed by atoms with Gasteiger partial charge in [-0.1, -0.05) is 11.6 Å². The Balaban J connectivity index is 2.42. The van der Waals surface area contributed by atoms with E-state index in [0.29, 0.717) is 16.4 Å². The molecule has 2 aromatic rings. The molecule has 1 aromatic heterocycles. The number of anilines is 3. The lowest BCUT2D eigenvalue weighted by molar-refractivity contribution is 0.0690. The number of benzene rings is 1. The van der Waals surface area contributed by atoms with E-state index in [-0.39, 0.29) is 11.5 Å². The molecule has 0 bridgehead atoms. The molecular weight excluding hydrogens is 346 g/mol. The molecule has 0 aliphatic carbocycles. The van der Waals surface area contributed by atoms with Gasteiger partial charge in [0.2, 0.25) is 0 Å². The molecule has 0 fully saturated rings. The Kier molecular flexibility index (Phi) is 4.15. The van der Waals surface area contributed by atoms with Crippen molar-refractivity contribution in [2.45, 2.75) is 6.92 Å². The highest BCUT2D eigenvalue weighted by atomic mass is 79.9. The molecule has 0 saturated heterocycles. The molecule has 5 nitrogen and oxygen atoms in total. The molecule has 1 aromatic carbocycles. The summed E-state index contributed by atoms with van der Waals surface area (Å²) in [4.78, 5) is 14.9. The predicted octanol–water partition coefficient (Wildman–Crippen LogP) is 3.83. The number of hydrogen-bond donors (Lipinski definition) is 3. The highest BCUT2D eigenvalue weighted by Crippen LogP contribution is 2.32. The molecule has 104 valence electrons. The van der Waals surface area contributed by atoms with Gasteiger partial charge in [0.05, 0.1) is 11.4 Å². The Labute approximate surface area is 128 Å². The van der Waals surface area contributed by atoms with Crippen LogP contribution in [-0.4, -0.2) is 16.1 Å². The second-order valence-electron chi connectivity index (χ2n) is 4.15. The van der Waals surface area contributed by atoms with Crippen molar-refractivity contribution >= 4 is 50.7 Å². The zero-order valence-electron chi connectivity index (χ0n) is 10.4. The second-order valence-corrected chi connectivity index (χ2v) is 5.41. The average Bonchev–Trinajstić information content (AvgIpc) is 2.38. The minimum atomic E-state index is -1.12. The van der Waals surface area contributed by atoms with E-state index in [1.54, 1.807) is 6.07 Å². The molecule has 4 N–H and O–H groups in total. The van der Waals surface area contributed by atoms with Gasteiger partial charge >= 0.3 is 5.97 Å². The number of halogens is 2. The first-order valence-corrected chi connectivity index (χ1v) is 6.78. The molecule has 1 heterocycles. The fraction of sp³-hybridized carbons (Fsp3) is 0.0769. The molecule has 0 spiro atoms. The zero-order valence-corrected chi connectivity index (χ0v) is 12.8. The van der Waals surface area contributed by atoms with Crippen LogP contribution in [-0.2, 0) is 0 Å². The van der Waals surface area contributed by atoms with Crippen molar-refractivity contribution in [2.75, 3.05) is 11.1 Å². The molecule has 0 saturated carbocycles. The number of nitrogen functional groups attached to an aromatic ring is 1. The Morgan fingerprint density at radius 3 is 2.80 bits per heavy atom. The summed E-state index contributed by atoms with van der Waals surface area (Å²) in [6.45, 7) is 1.88. The van der Waals surface area contributed by atoms with Crippen LogP contribution in [0.4, 0.5) is 17.2 Å². The van der Waals surface area contributed by atoms with Crippen molar-refractivity contribution in [2.24, 2.45) is 0 Å². The number of nitrogens with one attached hydrogen (secondary N) is 1. The number of rotatable bonds is 3. The number of carbonyl (C=O) groups is 1. The van der Waals surface area contributed by atoms with Gasteiger partial charge in [0.15, 0.2) is 11.5 Å². The monoisotopic (exact) mass is 355 g/mol. The van der Waals surface area contributed by atoms with E-state index in [4.69, 9.17) is 22.4 Å². The van der Waals surface area contributed by atoms with Crippen molar-refractivity contribution in [3.63, 3.8) is 0 Å². The Morgan fingerprint density at radius 1 is 1.45 bits per heavy atom. The second kappa shape index (κ2) is 5.68. The highest BCUT2D eigenvalue weighted by molar-refractivity contribution is 9.10. The maximum absolute atomic E-state index is 10.9. The van der Waals surface area contributed by atoms with Gasteiger partial charge in [0.25, 0.3) is 0 Å². The number of aryl methyl sites for hydroxylation is 1. The summed E-state index contributed by atoms with van der Waals surface area (Å²) < 4.78 is 0.779. The summed E-state index contributed by atoms with van der Waals surface area (Å²) in [6, 6.07) is 6.40. The summed E-state index contributed by atoms with van der Waals surface area (Å²) in [5.74, 6) is -0.848. The van der Waals surface area contributed by atoms with Gasteiger partial charge < -0.3 is 16.2 Å². The van der Waals surface area contributed by atoms with Crippen LogP contribution in [0.2, 0.25) is 5.02 Å². The first-order valence-electron chi connectivity index (χ1n) is 5.61. The highest BCUT2D eigenvalue weighted by Gasteiger charge is 2.11. The number of carboxylic acid groups (broad SMARTS) is 1. The van der Waals surface area contributed by atoms with Gasteiger partial charge in [0.1, 0.15) is 0 Å². The van der Waals surface area contributed by atoms with Gasteiger partial charge in [-0.25, -0.2) is 9.78 Å². The first kappa shape index (κ1) is 14.6. The van der Waals surface area contributed by atoms with Crippen LogP contribution in [0.3, 0.4) is 0 Å². The van der Waals surface area contributed by atoms with Crippen LogP contribution in [0.15, 0.2) is 28.7 Å². The van der Waals surface area contributed by atoms with Crippen molar-refractivity contribution in [1.82, 2.24) is 4.98 Å². The number of hydrogen-bond acceptors (Lipinski definition) is 4. The summed E-state index contributed by atoms with van der Waals surface area (Å²) in [6.07, 6.45) is 0. The van der Waals surface area contributed by atoms with E-state index in [0.717, 1.165) is 10.0 Å². The quantitative estimate of drug-likeness (QED) is 0.778. The molecule has 2 rings (SSSR count). The molecule has 20 heavy (non-hydrogen) atoms. The third-order valence-corrected chi connectivity index (χ3v) is 3.71. The maximum Gasteiger partial charge on any atom is 0.354 e. The minimum absolute atomic E-state index is 0.0870. The molecule has 0 amide bonds. The average molecular weight is 357 g/mol. The van der Waals surface area contributed by atoms with Crippen molar-refractivity contribution in [3.05, 3.63) is 45.0 Å².